The zero-order valence-corrected chi connectivity index (χ0v) is 25.5. The Morgan fingerprint density at radius 2 is 1.40 bits per heavy atom. The highest BCUT2D eigenvalue weighted by Crippen LogP contribution is 2.41. The number of carbonyl (C=O) groups excluding carboxylic acids is 1. The number of nitrogens with one attached hydrogen (secondary N) is 1. The van der Waals surface area contributed by atoms with Gasteiger partial charge in [0, 0.05) is 12.0 Å². The van der Waals surface area contributed by atoms with Crippen LogP contribution in [0.2, 0.25) is 0 Å². The Morgan fingerprint density at radius 1 is 0.750 bits per heavy atom. The van der Waals surface area contributed by atoms with Gasteiger partial charge in [0.1, 0.15) is 5.82 Å². The molecule has 0 aliphatic heterocycles. The Kier molecular flexibility index (Phi) is 10.2. The van der Waals surface area contributed by atoms with Gasteiger partial charge < -0.3 is 15.2 Å². The molecule has 0 saturated carbocycles. The summed E-state index contributed by atoms with van der Waals surface area (Å²) in [5, 5.41) is 12.4. The summed E-state index contributed by atoms with van der Waals surface area (Å²) in [7, 11) is 0. The first-order valence-corrected chi connectivity index (χ1v) is 14.5. The number of carbonyl (C=O) groups is 2. The van der Waals surface area contributed by atoms with Crippen molar-refractivity contribution in [3.63, 3.8) is 0 Å². The number of carboxylic acid groups (broad SMARTS) is 1. The third-order valence-corrected chi connectivity index (χ3v) is 7.75. The molecule has 48 heavy (non-hydrogen) atoms. The monoisotopic (exact) mass is 679 g/mol. The molecule has 2 N–H and O–H groups in total. The van der Waals surface area contributed by atoms with E-state index in [0.29, 0.717) is 30.2 Å². The normalized spacial score (nSPS) is 14.5. The smallest absolute Gasteiger partial charge is 0.416 e. The van der Waals surface area contributed by atoms with Crippen molar-refractivity contribution in [3.05, 3.63) is 136 Å². The predicted octanol–water partition coefficient (Wildman–Crippen LogP) is 8.94. The maximum absolute atomic E-state index is 15.3. The lowest BCUT2D eigenvalue weighted by molar-refractivity contribution is -0.154. The summed E-state index contributed by atoms with van der Waals surface area (Å²) in [5.74, 6) is -5.70. The number of carboxylic acids is 1. The van der Waals surface area contributed by atoms with E-state index in [0.717, 1.165) is 36.4 Å². The Hall–Kier alpha value is -4.94. The lowest BCUT2D eigenvalue weighted by Gasteiger charge is -2.37. The van der Waals surface area contributed by atoms with Crippen LogP contribution in [0.1, 0.15) is 64.9 Å². The van der Waals surface area contributed by atoms with Crippen molar-refractivity contribution >= 4 is 11.9 Å². The van der Waals surface area contributed by atoms with Crippen LogP contribution in [0.15, 0.2) is 91.0 Å². The second-order valence-electron chi connectivity index (χ2n) is 11.4. The lowest BCUT2D eigenvalue weighted by atomic mass is 9.77. The van der Waals surface area contributed by atoms with E-state index in [9.17, 15) is 41.0 Å². The fraction of sp³-hybridized carbons (Fsp3) is 0.257. The molecule has 1 amide bonds. The molecule has 4 rings (SSSR count). The number of amides is 1. The fourth-order valence-corrected chi connectivity index (χ4v) is 5.33. The van der Waals surface area contributed by atoms with Crippen LogP contribution in [-0.2, 0) is 29.1 Å². The molecule has 4 aromatic carbocycles. The van der Waals surface area contributed by atoms with Crippen molar-refractivity contribution in [2.45, 2.75) is 56.6 Å². The van der Waals surface area contributed by atoms with E-state index in [1.165, 1.54) is 6.92 Å². The minimum atomic E-state index is -5.07. The largest absolute Gasteiger partial charge is 0.478 e. The number of ether oxygens (including phenoxy) is 1. The van der Waals surface area contributed by atoms with E-state index in [2.05, 4.69) is 5.32 Å². The SMILES string of the molecule is CCC[C@@](C)(Oc1cc(C(Cc2ccccc2)(NC(=O)c2cccc(C(F)(F)F)c2)c2cc(F)cc(C(F)(F)F)c2)ccc1F)C(=O)O. The first-order chi connectivity index (χ1) is 22.4. The third-order valence-electron chi connectivity index (χ3n) is 7.75. The maximum Gasteiger partial charge on any atom is 0.416 e. The van der Waals surface area contributed by atoms with Gasteiger partial charge in [0.05, 0.1) is 16.7 Å². The Bertz CT molecular complexity index is 1790. The molecule has 0 aliphatic carbocycles. The molecule has 0 aromatic heterocycles. The fourth-order valence-electron chi connectivity index (χ4n) is 5.33. The molecule has 0 heterocycles. The zero-order chi connectivity index (χ0) is 35.5. The van der Waals surface area contributed by atoms with Crippen LogP contribution in [0.3, 0.4) is 0 Å². The van der Waals surface area contributed by atoms with E-state index < -0.39 is 81.4 Å². The van der Waals surface area contributed by atoms with Crippen LogP contribution in [-0.4, -0.2) is 22.6 Å². The zero-order valence-electron chi connectivity index (χ0n) is 25.5. The van der Waals surface area contributed by atoms with Gasteiger partial charge in [-0.15, -0.1) is 0 Å². The molecule has 4 aromatic rings. The topological polar surface area (TPSA) is 75.6 Å². The number of hydrogen-bond acceptors (Lipinski definition) is 3. The highest BCUT2D eigenvalue weighted by molar-refractivity contribution is 5.95. The van der Waals surface area contributed by atoms with Crippen molar-refractivity contribution < 1.29 is 54.6 Å². The molecule has 0 spiro atoms. The summed E-state index contributed by atoms with van der Waals surface area (Å²) in [6.45, 7) is 2.85. The minimum absolute atomic E-state index is 0.0771. The van der Waals surface area contributed by atoms with E-state index in [-0.39, 0.29) is 18.1 Å². The Morgan fingerprint density at radius 3 is 2.00 bits per heavy atom. The van der Waals surface area contributed by atoms with Gasteiger partial charge in [-0.2, -0.15) is 26.3 Å². The molecule has 0 saturated heterocycles. The van der Waals surface area contributed by atoms with Crippen molar-refractivity contribution in [1.29, 1.82) is 0 Å². The average molecular weight is 680 g/mol. The second-order valence-corrected chi connectivity index (χ2v) is 11.4. The number of alkyl halides is 6. The van der Waals surface area contributed by atoms with E-state index in [1.54, 1.807) is 37.3 Å². The molecule has 254 valence electrons. The minimum Gasteiger partial charge on any atom is -0.478 e. The summed E-state index contributed by atoms with van der Waals surface area (Å²) in [5.41, 5.74) is -7.66. The number of hydrogen-bond donors (Lipinski definition) is 2. The quantitative estimate of drug-likeness (QED) is 0.155. The Labute approximate surface area is 270 Å². The van der Waals surface area contributed by atoms with Gasteiger partial charge in [-0.25, -0.2) is 13.6 Å². The van der Waals surface area contributed by atoms with Gasteiger partial charge in [-0.3, -0.25) is 4.79 Å². The summed E-state index contributed by atoms with van der Waals surface area (Å²) in [6, 6.07) is 15.5. The highest BCUT2D eigenvalue weighted by Gasteiger charge is 2.42. The molecule has 1 unspecified atom stereocenters. The molecule has 2 atom stereocenters. The first kappa shape index (κ1) is 35.9. The molecule has 5 nitrogen and oxygen atoms in total. The van der Waals surface area contributed by atoms with Crippen LogP contribution in [0, 0.1) is 11.6 Å². The molecular formula is C35H29F8NO4. The van der Waals surface area contributed by atoms with Crippen LogP contribution >= 0.6 is 0 Å². The van der Waals surface area contributed by atoms with Crippen LogP contribution in [0.25, 0.3) is 0 Å². The van der Waals surface area contributed by atoms with Gasteiger partial charge in [0.2, 0.25) is 5.60 Å². The van der Waals surface area contributed by atoms with Gasteiger partial charge in [-0.1, -0.05) is 55.8 Å². The summed E-state index contributed by atoms with van der Waals surface area (Å²) in [4.78, 5) is 25.9. The maximum atomic E-state index is 15.3. The Balaban J connectivity index is 2.04. The van der Waals surface area contributed by atoms with Crippen LogP contribution in [0.4, 0.5) is 35.1 Å². The van der Waals surface area contributed by atoms with Crippen molar-refractivity contribution in [2.75, 3.05) is 0 Å². The van der Waals surface area contributed by atoms with E-state index in [4.69, 9.17) is 4.74 Å². The van der Waals surface area contributed by atoms with Crippen LogP contribution in [0.5, 0.6) is 5.75 Å². The van der Waals surface area contributed by atoms with Crippen molar-refractivity contribution in [2.24, 2.45) is 0 Å². The average Bonchev–Trinajstić information content (AvgIpc) is 3.01. The molecule has 0 aliphatic rings. The van der Waals surface area contributed by atoms with Gasteiger partial charge in [-0.05, 0) is 78.6 Å². The summed E-state index contributed by atoms with van der Waals surface area (Å²) >= 11 is 0. The number of benzene rings is 4. The standard InChI is InChI=1S/C35H29F8NO4/c1-3-14-32(2,31(46)47)48-29-19-23(12-13-28(29)37)33(20-21-8-5-4-6-9-21,25-16-26(35(41,42)43)18-27(36)17-25)44-30(45)22-10-7-11-24(15-22)34(38,39)40/h4-13,15-19H,3,14,20H2,1-2H3,(H,44,45)(H,46,47)/t32-,33?/m1/s1. The number of halogens is 8. The number of rotatable bonds is 11. The summed E-state index contributed by atoms with van der Waals surface area (Å²) < 4.78 is 119. The molecule has 0 bridgehead atoms. The van der Waals surface area contributed by atoms with Crippen molar-refractivity contribution in [1.82, 2.24) is 5.32 Å². The number of aliphatic carboxylic acids is 1. The molecular weight excluding hydrogens is 650 g/mol. The highest BCUT2D eigenvalue weighted by atomic mass is 19.4. The van der Waals surface area contributed by atoms with Crippen molar-refractivity contribution in [3.8, 4) is 5.75 Å². The second kappa shape index (κ2) is 13.7. The molecule has 13 heteroatoms. The predicted molar refractivity (Wildman–Crippen MR) is 159 cm³/mol. The first-order valence-electron chi connectivity index (χ1n) is 14.5. The van der Waals surface area contributed by atoms with E-state index in [1.807, 2.05) is 0 Å². The molecule has 0 radical (unpaired) electrons. The summed E-state index contributed by atoms with van der Waals surface area (Å²) in [6.07, 6.45) is -10.1. The van der Waals surface area contributed by atoms with E-state index >= 15 is 8.78 Å². The third kappa shape index (κ3) is 7.95. The van der Waals surface area contributed by atoms with Gasteiger partial charge >= 0.3 is 18.3 Å². The van der Waals surface area contributed by atoms with Crippen LogP contribution < -0.4 is 10.1 Å². The van der Waals surface area contributed by atoms with Gasteiger partial charge in [0.15, 0.2) is 11.6 Å². The van der Waals surface area contributed by atoms with Gasteiger partial charge in [0.25, 0.3) is 5.91 Å². The molecule has 0 fully saturated rings. The lowest BCUT2D eigenvalue weighted by Crippen LogP contribution is -2.49.